The summed E-state index contributed by atoms with van der Waals surface area (Å²) in [5, 5.41) is 9.72. The van der Waals surface area contributed by atoms with Crippen molar-refractivity contribution in [3.05, 3.63) is 98.8 Å². The average molecular weight is 799 g/mol. The summed E-state index contributed by atoms with van der Waals surface area (Å²) in [6.07, 6.45) is -1.86. The van der Waals surface area contributed by atoms with Gasteiger partial charge in [-0.15, -0.1) is 12.1 Å². The molecule has 4 rings (SSSR count). The molecule has 0 spiro atoms. The summed E-state index contributed by atoms with van der Waals surface area (Å²) in [6, 6.07) is 16.1. The average Bonchev–Trinajstić information content (AvgIpc) is 3.27. The number of hydrogen-bond donors (Lipinski definition) is 1. The molecule has 0 saturated carbocycles. The molecule has 8 nitrogen and oxygen atoms in total. The molecule has 0 aliphatic rings. The smallest absolute Gasteiger partial charge is 0.497 e. The summed E-state index contributed by atoms with van der Waals surface area (Å²) in [4.78, 5) is 30.2. The second-order valence-electron chi connectivity index (χ2n) is 8.72. The van der Waals surface area contributed by atoms with E-state index in [0.717, 1.165) is 10.1 Å². The number of aliphatic hydroxyl groups is 1. The van der Waals surface area contributed by atoms with Gasteiger partial charge in [-0.3, -0.25) is 13.9 Å². The van der Waals surface area contributed by atoms with E-state index in [2.05, 4.69) is 22.7 Å². The van der Waals surface area contributed by atoms with Crippen molar-refractivity contribution in [2.45, 2.75) is 51.8 Å². The van der Waals surface area contributed by atoms with Gasteiger partial charge >= 0.3 is 42.9 Å². The summed E-state index contributed by atoms with van der Waals surface area (Å²) < 4.78 is 34.0. The molecule has 0 radical (unpaired) electrons. The van der Waals surface area contributed by atoms with E-state index in [0.29, 0.717) is 47.8 Å². The first kappa shape index (κ1) is 33.8. The summed E-state index contributed by atoms with van der Waals surface area (Å²) in [6.45, 7) is 5.76. The van der Waals surface area contributed by atoms with Crippen LogP contribution in [0.4, 0.5) is 8.78 Å². The Balaban J connectivity index is 0.000000363. The Morgan fingerprint density at radius 1 is 1.18 bits per heavy atom. The van der Waals surface area contributed by atoms with Gasteiger partial charge in [-0.25, -0.2) is 9.78 Å². The molecule has 1 N–H and O–H groups in total. The van der Waals surface area contributed by atoms with E-state index in [1.807, 2.05) is 16.7 Å². The zero-order chi connectivity index (χ0) is 28.6. The Morgan fingerprint density at radius 3 is 2.45 bits per heavy atom. The maximum Gasteiger partial charge on any atom is 2.00 e. The van der Waals surface area contributed by atoms with Crippen molar-refractivity contribution < 1.29 is 49.7 Å². The molecule has 0 amide bonds. The normalized spacial score (nSPS) is 11.1. The molecule has 0 aliphatic heterocycles. The van der Waals surface area contributed by atoms with Crippen LogP contribution in [0, 0.1) is 44.1 Å². The van der Waals surface area contributed by atoms with Crippen LogP contribution in [0.15, 0.2) is 58.1 Å². The van der Waals surface area contributed by atoms with Crippen LogP contribution in [0.25, 0.3) is 11.2 Å². The van der Waals surface area contributed by atoms with Gasteiger partial charge in [0, 0.05) is 43.9 Å². The second kappa shape index (κ2) is 15.5. The molecular formula is C28H31ClF2N4O4U. The van der Waals surface area contributed by atoms with Crippen LogP contribution in [-0.4, -0.2) is 36.5 Å². The molecule has 40 heavy (non-hydrogen) atoms. The molecule has 4 aromatic rings. The van der Waals surface area contributed by atoms with Gasteiger partial charge in [0.25, 0.3) is 5.56 Å². The van der Waals surface area contributed by atoms with E-state index in [4.69, 9.17) is 16.7 Å². The first-order valence-corrected chi connectivity index (χ1v) is 12.9. The van der Waals surface area contributed by atoms with Crippen LogP contribution in [0.5, 0.6) is 5.75 Å². The van der Waals surface area contributed by atoms with Crippen LogP contribution < -0.4 is 16.0 Å². The predicted molar refractivity (Wildman–Crippen MR) is 146 cm³/mol. The Kier molecular flexibility index (Phi) is 13.1. The Labute approximate surface area is 259 Å². The standard InChI is InChI=1S/C19H22ClN4O3.C9H9F2O.U/c1-3-5-15-21-17-16(24(15)12-13-6-8-14(20)9-7-13)18(26)23(10-4-11-25)19(27)22(17)2;1-2-9(10,11)12-8-6-4-3-5-7-8;/h6-9,25H,1,3-5,10-12H2,2H3;3-4,6-7H,2H2,1H3;/q2*-1;+2. The summed E-state index contributed by atoms with van der Waals surface area (Å²) in [7, 11) is 1.60. The van der Waals surface area contributed by atoms with Gasteiger partial charge in [0.05, 0.1) is 0 Å². The fourth-order valence-electron chi connectivity index (χ4n) is 3.82. The Morgan fingerprint density at radius 2 is 1.88 bits per heavy atom. The van der Waals surface area contributed by atoms with Crippen molar-refractivity contribution in [1.29, 1.82) is 0 Å². The number of rotatable bonds is 10. The van der Waals surface area contributed by atoms with Crippen molar-refractivity contribution in [2.24, 2.45) is 7.05 Å². The quantitative estimate of drug-likeness (QED) is 0.237. The fourth-order valence-corrected chi connectivity index (χ4v) is 3.95. The minimum absolute atomic E-state index is 0. The van der Waals surface area contributed by atoms with Crippen molar-refractivity contribution in [3.63, 3.8) is 0 Å². The third-order valence-corrected chi connectivity index (χ3v) is 6.11. The molecule has 12 heteroatoms. The zero-order valence-electron chi connectivity index (χ0n) is 22.4. The van der Waals surface area contributed by atoms with E-state index < -0.39 is 17.4 Å². The van der Waals surface area contributed by atoms with Gasteiger partial charge in [-0.05, 0) is 30.5 Å². The molecule has 0 unspecified atom stereocenters. The first-order valence-electron chi connectivity index (χ1n) is 12.5. The van der Waals surface area contributed by atoms with Gasteiger partial charge in [-0.1, -0.05) is 30.7 Å². The number of fused-ring (bicyclic) bond motifs is 1. The second-order valence-corrected chi connectivity index (χ2v) is 9.16. The first-order chi connectivity index (χ1) is 18.6. The number of halogens is 3. The molecule has 2 aromatic carbocycles. The molecular weight excluding hydrogens is 768 g/mol. The molecule has 0 aliphatic carbocycles. The number of nitrogens with zero attached hydrogens (tertiary/aromatic N) is 4. The van der Waals surface area contributed by atoms with E-state index >= 15 is 0 Å². The fraction of sp³-hybridized carbons (Fsp3) is 0.357. The van der Waals surface area contributed by atoms with Crippen LogP contribution in [0.1, 0.15) is 37.6 Å². The van der Waals surface area contributed by atoms with Crippen LogP contribution >= 0.6 is 11.6 Å². The number of ether oxygens (including phenoxy) is 1. The van der Waals surface area contributed by atoms with Crippen LogP contribution in [0.2, 0.25) is 5.02 Å². The number of aliphatic hydroxyl groups excluding tert-OH is 1. The molecule has 0 fully saturated rings. The van der Waals surface area contributed by atoms with Crippen LogP contribution in [0.3, 0.4) is 0 Å². The monoisotopic (exact) mass is 798 g/mol. The molecule has 0 bridgehead atoms. The van der Waals surface area contributed by atoms with Crippen molar-refractivity contribution in [1.82, 2.24) is 18.7 Å². The van der Waals surface area contributed by atoms with Gasteiger partial charge in [0.2, 0.25) is 0 Å². The van der Waals surface area contributed by atoms with Gasteiger partial charge in [0.1, 0.15) is 5.82 Å². The topological polar surface area (TPSA) is 91.3 Å². The number of aryl methyl sites for hydroxylation is 2. The maximum absolute atomic E-state index is 13.1. The molecule has 2 aromatic heterocycles. The number of benzene rings is 2. The zero-order valence-corrected chi connectivity index (χ0v) is 27.3. The Hall–Kier alpha value is -2.45. The predicted octanol–water partition coefficient (Wildman–Crippen LogP) is 4.62. The summed E-state index contributed by atoms with van der Waals surface area (Å²) >= 11 is 5.96. The van der Waals surface area contributed by atoms with Crippen molar-refractivity contribution in [2.75, 3.05) is 6.61 Å². The van der Waals surface area contributed by atoms with E-state index in [-0.39, 0.29) is 56.4 Å². The molecule has 2 heterocycles. The minimum Gasteiger partial charge on any atom is -0.497 e. The third-order valence-electron chi connectivity index (χ3n) is 5.86. The number of hydrogen-bond acceptors (Lipinski definition) is 5. The minimum atomic E-state index is -3.07. The molecule has 0 atom stereocenters. The summed E-state index contributed by atoms with van der Waals surface area (Å²) in [5.74, 6) is 0.853. The molecule has 212 valence electrons. The number of aromatic nitrogens is 4. The molecule has 0 saturated heterocycles. The van der Waals surface area contributed by atoms with Crippen LogP contribution in [-0.2, 0) is 26.6 Å². The van der Waals surface area contributed by atoms with E-state index in [1.165, 1.54) is 23.6 Å². The van der Waals surface area contributed by atoms with Crippen molar-refractivity contribution in [3.8, 4) is 5.75 Å². The van der Waals surface area contributed by atoms with Gasteiger partial charge < -0.3 is 21.3 Å². The number of imidazole rings is 1. The van der Waals surface area contributed by atoms with Crippen molar-refractivity contribution >= 4 is 22.8 Å². The van der Waals surface area contributed by atoms with E-state index in [9.17, 15) is 18.4 Å². The van der Waals surface area contributed by atoms with Gasteiger partial charge in [0.15, 0.2) is 11.2 Å². The largest absolute Gasteiger partial charge is 2.00 e. The third kappa shape index (κ3) is 8.53. The SMILES string of the molecule is CCC(F)(F)Oc1c[c-]ccc1.[CH2-]CCc1nc2c(c(=O)n(CCCO)c(=O)n2C)n1Cc1ccc(Cl)cc1.[U+2]. The van der Waals surface area contributed by atoms with Gasteiger partial charge in [-0.2, -0.15) is 33.4 Å². The number of alkyl halides is 2. The maximum atomic E-state index is 13.1. The van der Waals surface area contributed by atoms with E-state index in [1.54, 1.807) is 31.3 Å². The summed E-state index contributed by atoms with van der Waals surface area (Å²) in [5.41, 5.74) is 0.895. The Bertz CT molecular complexity index is 1490.